The third-order valence-electron chi connectivity index (χ3n) is 4.54. The maximum atomic E-state index is 13.1. The van der Waals surface area contributed by atoms with Crippen molar-refractivity contribution in [3.63, 3.8) is 0 Å². The topological polar surface area (TPSA) is 46.9 Å². The van der Waals surface area contributed by atoms with Crippen molar-refractivity contribution in [1.82, 2.24) is 9.78 Å². The minimum absolute atomic E-state index is 0.0175. The molecular weight excluding hydrogens is 409 g/mol. The van der Waals surface area contributed by atoms with Crippen molar-refractivity contribution in [3.05, 3.63) is 70.1 Å². The van der Waals surface area contributed by atoms with Crippen molar-refractivity contribution in [3.8, 4) is 11.1 Å². The van der Waals surface area contributed by atoms with E-state index in [0.29, 0.717) is 12.2 Å². The molecule has 2 aromatic carbocycles. The van der Waals surface area contributed by atoms with Gasteiger partial charge in [-0.3, -0.25) is 9.48 Å². The first kappa shape index (κ1) is 19.3. The molecule has 1 amide bonds. The van der Waals surface area contributed by atoms with Crippen molar-refractivity contribution in [2.45, 2.75) is 26.2 Å². The van der Waals surface area contributed by atoms with Gasteiger partial charge in [0.2, 0.25) is 5.91 Å². The van der Waals surface area contributed by atoms with E-state index in [9.17, 15) is 9.18 Å². The molecular formula is C21H21BrFN3O. The fourth-order valence-electron chi connectivity index (χ4n) is 3.13. The van der Waals surface area contributed by atoms with Gasteiger partial charge in [0.1, 0.15) is 11.6 Å². The molecule has 1 N–H and O–H groups in total. The standard InChI is InChI=1S/C21H21BrFN3O/c1-13(15-6-10-18(23)11-7-15)12-19(27)24-21-20(14(2)25-26(21)3)16-4-8-17(22)9-5-16/h4-11,13H,12H2,1-3H3,(H,24,27). The van der Waals surface area contributed by atoms with Crippen LogP contribution in [-0.2, 0) is 11.8 Å². The summed E-state index contributed by atoms with van der Waals surface area (Å²) < 4.78 is 15.8. The predicted octanol–water partition coefficient (Wildman–Crippen LogP) is 5.43. The quantitative estimate of drug-likeness (QED) is 0.587. The van der Waals surface area contributed by atoms with Crippen LogP contribution in [0.3, 0.4) is 0 Å². The zero-order chi connectivity index (χ0) is 19.6. The van der Waals surface area contributed by atoms with E-state index in [-0.39, 0.29) is 17.6 Å². The summed E-state index contributed by atoms with van der Waals surface area (Å²) in [6.45, 7) is 3.88. The summed E-state index contributed by atoms with van der Waals surface area (Å²) in [4.78, 5) is 12.6. The largest absolute Gasteiger partial charge is 0.310 e. The summed E-state index contributed by atoms with van der Waals surface area (Å²) in [6, 6.07) is 14.2. The Morgan fingerprint density at radius 3 is 2.44 bits per heavy atom. The summed E-state index contributed by atoms with van der Waals surface area (Å²) >= 11 is 3.44. The first-order valence-corrected chi connectivity index (χ1v) is 9.49. The lowest BCUT2D eigenvalue weighted by atomic mass is 9.97. The Kier molecular flexibility index (Phi) is 5.75. The number of benzene rings is 2. The van der Waals surface area contributed by atoms with Crippen molar-refractivity contribution < 1.29 is 9.18 Å². The molecule has 27 heavy (non-hydrogen) atoms. The number of nitrogens with one attached hydrogen (secondary N) is 1. The van der Waals surface area contributed by atoms with Crippen LogP contribution in [0, 0.1) is 12.7 Å². The van der Waals surface area contributed by atoms with Crippen LogP contribution in [0.2, 0.25) is 0 Å². The highest BCUT2D eigenvalue weighted by Crippen LogP contribution is 2.32. The molecule has 0 aliphatic rings. The number of amides is 1. The number of carbonyl (C=O) groups is 1. The number of hydrogen-bond acceptors (Lipinski definition) is 2. The van der Waals surface area contributed by atoms with Gasteiger partial charge in [0.25, 0.3) is 0 Å². The van der Waals surface area contributed by atoms with Gasteiger partial charge in [-0.15, -0.1) is 0 Å². The molecule has 1 aromatic heterocycles. The highest BCUT2D eigenvalue weighted by Gasteiger charge is 2.19. The Morgan fingerprint density at radius 1 is 1.19 bits per heavy atom. The Hall–Kier alpha value is -2.47. The second-order valence-corrected chi connectivity index (χ2v) is 7.56. The van der Waals surface area contributed by atoms with E-state index in [1.165, 1.54) is 12.1 Å². The molecule has 1 heterocycles. The molecule has 0 saturated carbocycles. The van der Waals surface area contributed by atoms with Gasteiger partial charge in [-0.1, -0.05) is 47.1 Å². The number of carbonyl (C=O) groups excluding carboxylic acids is 1. The maximum Gasteiger partial charge on any atom is 0.226 e. The average molecular weight is 430 g/mol. The average Bonchev–Trinajstić information content (AvgIpc) is 2.89. The van der Waals surface area contributed by atoms with Crippen molar-refractivity contribution >= 4 is 27.7 Å². The monoisotopic (exact) mass is 429 g/mol. The summed E-state index contributed by atoms with van der Waals surface area (Å²) in [6.07, 6.45) is 0.301. The van der Waals surface area contributed by atoms with Crippen LogP contribution >= 0.6 is 15.9 Å². The van der Waals surface area contributed by atoms with Crippen LogP contribution in [-0.4, -0.2) is 15.7 Å². The van der Waals surface area contributed by atoms with Gasteiger partial charge >= 0.3 is 0 Å². The number of halogens is 2. The van der Waals surface area contributed by atoms with Gasteiger partial charge in [0.15, 0.2) is 0 Å². The molecule has 3 rings (SSSR count). The fraction of sp³-hybridized carbons (Fsp3) is 0.238. The predicted molar refractivity (Wildman–Crippen MR) is 109 cm³/mol. The minimum atomic E-state index is -0.278. The summed E-state index contributed by atoms with van der Waals surface area (Å²) in [5, 5.41) is 7.46. The van der Waals surface area contributed by atoms with Gasteiger partial charge in [0.05, 0.1) is 5.69 Å². The van der Waals surface area contributed by atoms with Gasteiger partial charge in [-0.05, 0) is 48.2 Å². The van der Waals surface area contributed by atoms with E-state index in [1.54, 1.807) is 16.8 Å². The molecule has 0 fully saturated rings. The van der Waals surface area contributed by atoms with Gasteiger partial charge < -0.3 is 5.32 Å². The first-order valence-electron chi connectivity index (χ1n) is 8.70. The van der Waals surface area contributed by atoms with Crippen molar-refractivity contribution in [1.29, 1.82) is 0 Å². The summed E-state index contributed by atoms with van der Waals surface area (Å²) in [5.41, 5.74) is 3.68. The lowest BCUT2D eigenvalue weighted by molar-refractivity contribution is -0.116. The molecule has 0 bridgehead atoms. The zero-order valence-electron chi connectivity index (χ0n) is 15.5. The highest BCUT2D eigenvalue weighted by molar-refractivity contribution is 9.10. The smallest absolute Gasteiger partial charge is 0.226 e. The SMILES string of the molecule is Cc1nn(C)c(NC(=O)CC(C)c2ccc(F)cc2)c1-c1ccc(Br)cc1. The highest BCUT2D eigenvalue weighted by atomic mass is 79.9. The third-order valence-corrected chi connectivity index (χ3v) is 5.07. The molecule has 0 aliphatic carbocycles. The van der Waals surface area contributed by atoms with Gasteiger partial charge in [-0.2, -0.15) is 5.10 Å². The molecule has 1 unspecified atom stereocenters. The second kappa shape index (κ2) is 8.05. The van der Waals surface area contributed by atoms with Crippen LogP contribution in [0.5, 0.6) is 0 Å². The summed E-state index contributed by atoms with van der Waals surface area (Å²) in [5.74, 6) is 0.273. The van der Waals surface area contributed by atoms with Crippen LogP contribution < -0.4 is 5.32 Å². The molecule has 1 atom stereocenters. The normalized spacial score (nSPS) is 12.0. The van der Waals surface area contributed by atoms with Crippen molar-refractivity contribution in [2.75, 3.05) is 5.32 Å². The van der Waals surface area contributed by atoms with E-state index in [1.807, 2.05) is 45.2 Å². The number of nitrogens with zero attached hydrogens (tertiary/aromatic N) is 2. The summed E-state index contributed by atoms with van der Waals surface area (Å²) in [7, 11) is 1.81. The molecule has 4 nitrogen and oxygen atoms in total. The van der Waals surface area contributed by atoms with Crippen molar-refractivity contribution in [2.24, 2.45) is 7.05 Å². The van der Waals surface area contributed by atoms with Gasteiger partial charge in [-0.25, -0.2) is 4.39 Å². The molecule has 0 spiro atoms. The lowest BCUT2D eigenvalue weighted by Crippen LogP contribution is -2.17. The van der Waals surface area contributed by atoms with Crippen LogP contribution in [0.4, 0.5) is 10.2 Å². The maximum absolute atomic E-state index is 13.1. The molecule has 0 saturated heterocycles. The van der Waals surface area contributed by atoms with Crippen LogP contribution in [0.25, 0.3) is 11.1 Å². The fourth-order valence-corrected chi connectivity index (χ4v) is 3.40. The molecule has 6 heteroatoms. The second-order valence-electron chi connectivity index (χ2n) is 6.64. The van der Waals surface area contributed by atoms with Gasteiger partial charge in [0, 0.05) is 23.5 Å². The number of aromatic nitrogens is 2. The molecule has 0 aliphatic heterocycles. The number of hydrogen-bond donors (Lipinski definition) is 1. The molecule has 140 valence electrons. The molecule has 3 aromatic rings. The number of aryl methyl sites for hydroxylation is 2. The van der Waals surface area contributed by atoms with E-state index < -0.39 is 0 Å². The lowest BCUT2D eigenvalue weighted by Gasteiger charge is -2.13. The number of anilines is 1. The Morgan fingerprint density at radius 2 is 1.81 bits per heavy atom. The van der Waals surface area contributed by atoms with Crippen LogP contribution in [0.15, 0.2) is 53.0 Å². The number of rotatable bonds is 5. The Labute approximate surface area is 166 Å². The Bertz CT molecular complexity index is 949. The third kappa shape index (κ3) is 4.45. The Balaban J connectivity index is 1.80. The minimum Gasteiger partial charge on any atom is -0.310 e. The van der Waals surface area contributed by atoms with E-state index >= 15 is 0 Å². The molecule has 0 radical (unpaired) electrons. The zero-order valence-corrected chi connectivity index (χ0v) is 17.0. The van der Waals surface area contributed by atoms with E-state index in [0.717, 1.165) is 26.9 Å². The van der Waals surface area contributed by atoms with E-state index in [2.05, 4.69) is 26.3 Å². The van der Waals surface area contributed by atoms with E-state index in [4.69, 9.17) is 0 Å². The van der Waals surface area contributed by atoms with Crippen LogP contribution in [0.1, 0.15) is 30.5 Å². The first-order chi connectivity index (χ1) is 12.8.